The Balaban J connectivity index is 1.97. The van der Waals surface area contributed by atoms with Crippen LogP contribution in [-0.2, 0) is 4.79 Å². The number of halogens is 4. The molecule has 0 radical (unpaired) electrons. The van der Waals surface area contributed by atoms with Gasteiger partial charge in [-0.3, -0.25) is 4.79 Å². The molecule has 0 saturated heterocycles. The number of carbonyl (C=O) groups is 1. The average Bonchev–Trinajstić information content (AvgIpc) is 2.40. The first-order valence-corrected chi connectivity index (χ1v) is 6.78. The van der Waals surface area contributed by atoms with Crippen molar-refractivity contribution in [1.29, 1.82) is 0 Å². The third kappa shape index (κ3) is 3.88. The summed E-state index contributed by atoms with van der Waals surface area (Å²) in [5.41, 5.74) is 0. The first-order chi connectivity index (χ1) is 9.36. The number of rotatable bonds is 2. The molecule has 110 valence electrons. The third-order valence-corrected chi connectivity index (χ3v) is 3.75. The predicted octanol–water partition coefficient (Wildman–Crippen LogP) is 4.61. The molecule has 1 aromatic rings. The van der Waals surface area contributed by atoms with E-state index in [4.69, 9.17) is 16.3 Å². The molecule has 20 heavy (non-hydrogen) atoms. The number of hydrogen-bond acceptors (Lipinski definition) is 2. The molecular weight excluding hydrogens is 293 g/mol. The summed E-state index contributed by atoms with van der Waals surface area (Å²) in [6.45, 7) is 0. The van der Waals surface area contributed by atoms with Crippen LogP contribution in [0.3, 0.4) is 0 Å². The van der Waals surface area contributed by atoms with Gasteiger partial charge in [-0.25, -0.2) is 0 Å². The van der Waals surface area contributed by atoms with E-state index in [1.807, 2.05) is 0 Å². The Kier molecular flexibility index (Phi) is 4.58. The molecule has 2 unspecified atom stereocenters. The van der Waals surface area contributed by atoms with E-state index in [0.717, 1.165) is 0 Å². The fourth-order valence-electron chi connectivity index (χ4n) is 2.40. The van der Waals surface area contributed by atoms with Crippen molar-refractivity contribution in [2.75, 3.05) is 0 Å². The minimum atomic E-state index is -4.24. The highest BCUT2D eigenvalue weighted by atomic mass is 35.5. The lowest BCUT2D eigenvalue weighted by Crippen LogP contribution is -2.33. The van der Waals surface area contributed by atoms with E-state index >= 15 is 0 Å². The number of carbonyl (C=O) groups excluding carboxylic acids is 1. The van der Waals surface area contributed by atoms with E-state index in [-0.39, 0.29) is 12.8 Å². The number of hydrogen-bond donors (Lipinski definition) is 0. The molecule has 2 nitrogen and oxygen atoms in total. The van der Waals surface area contributed by atoms with Crippen molar-refractivity contribution in [3.63, 3.8) is 0 Å². The summed E-state index contributed by atoms with van der Waals surface area (Å²) in [5.74, 6) is -2.39. The van der Waals surface area contributed by atoms with Crippen LogP contribution in [0.4, 0.5) is 13.2 Å². The number of alkyl halides is 3. The van der Waals surface area contributed by atoms with Crippen molar-refractivity contribution >= 4 is 17.6 Å². The number of esters is 1. The summed E-state index contributed by atoms with van der Waals surface area (Å²) in [7, 11) is 0. The molecule has 2 atom stereocenters. The zero-order valence-corrected chi connectivity index (χ0v) is 11.4. The maximum absolute atomic E-state index is 12.7. The highest BCUT2D eigenvalue weighted by Gasteiger charge is 2.44. The molecular formula is C14H14ClF3O2. The van der Waals surface area contributed by atoms with E-state index in [9.17, 15) is 18.0 Å². The average molecular weight is 307 g/mol. The Labute approximate surface area is 119 Å². The first kappa shape index (κ1) is 15.2. The Morgan fingerprint density at radius 2 is 1.85 bits per heavy atom. The van der Waals surface area contributed by atoms with Gasteiger partial charge < -0.3 is 4.74 Å². The van der Waals surface area contributed by atoms with Gasteiger partial charge in [-0.2, -0.15) is 13.2 Å². The molecule has 0 aromatic heterocycles. The van der Waals surface area contributed by atoms with E-state index in [1.54, 1.807) is 12.1 Å². The summed E-state index contributed by atoms with van der Waals surface area (Å²) in [4.78, 5) is 11.9. The highest BCUT2D eigenvalue weighted by Crippen LogP contribution is 2.40. The van der Waals surface area contributed by atoms with Gasteiger partial charge in [0, 0.05) is 5.02 Å². The monoisotopic (exact) mass is 306 g/mol. The molecule has 1 saturated carbocycles. The van der Waals surface area contributed by atoms with Crippen LogP contribution >= 0.6 is 11.6 Å². The molecule has 6 heteroatoms. The molecule has 2 rings (SSSR count). The minimum Gasteiger partial charge on any atom is -0.426 e. The fraction of sp³-hybridized carbons (Fsp3) is 0.500. The van der Waals surface area contributed by atoms with Crippen LogP contribution in [0.1, 0.15) is 25.7 Å². The smallest absolute Gasteiger partial charge is 0.391 e. The zero-order valence-electron chi connectivity index (χ0n) is 10.6. The van der Waals surface area contributed by atoms with Crippen LogP contribution in [0, 0.1) is 11.8 Å². The van der Waals surface area contributed by atoms with Gasteiger partial charge in [0.25, 0.3) is 0 Å². The van der Waals surface area contributed by atoms with Crippen molar-refractivity contribution in [2.24, 2.45) is 11.8 Å². The van der Waals surface area contributed by atoms with Gasteiger partial charge in [0.1, 0.15) is 5.75 Å². The Hall–Kier alpha value is -1.23. The van der Waals surface area contributed by atoms with Gasteiger partial charge in [0.2, 0.25) is 0 Å². The molecule has 0 bridgehead atoms. The SMILES string of the molecule is O=C(Oc1ccc(Cl)cc1)C1CCCC(C(F)(F)F)C1. The van der Waals surface area contributed by atoms with Gasteiger partial charge >= 0.3 is 12.1 Å². The van der Waals surface area contributed by atoms with Gasteiger partial charge in [-0.1, -0.05) is 18.0 Å². The molecule has 0 heterocycles. The van der Waals surface area contributed by atoms with Gasteiger partial charge in [0.15, 0.2) is 0 Å². The van der Waals surface area contributed by atoms with Crippen molar-refractivity contribution in [2.45, 2.75) is 31.9 Å². The summed E-state index contributed by atoms with van der Waals surface area (Å²) >= 11 is 5.70. The summed E-state index contributed by atoms with van der Waals surface area (Å²) in [6.07, 6.45) is -3.49. The van der Waals surface area contributed by atoms with Crippen molar-refractivity contribution in [1.82, 2.24) is 0 Å². The fourth-order valence-corrected chi connectivity index (χ4v) is 2.53. The second-order valence-corrected chi connectivity index (χ2v) is 5.41. The standard InChI is InChI=1S/C14H14ClF3O2/c15-11-4-6-12(7-5-11)20-13(19)9-2-1-3-10(8-9)14(16,17)18/h4-7,9-10H,1-3,8H2. The summed E-state index contributed by atoms with van der Waals surface area (Å²) in [6, 6.07) is 6.15. The van der Waals surface area contributed by atoms with Crippen LogP contribution in [-0.4, -0.2) is 12.1 Å². The first-order valence-electron chi connectivity index (χ1n) is 6.40. The quantitative estimate of drug-likeness (QED) is 0.589. The Morgan fingerprint density at radius 1 is 1.20 bits per heavy atom. The molecule has 0 aliphatic heterocycles. The largest absolute Gasteiger partial charge is 0.426 e. The zero-order chi connectivity index (χ0) is 14.8. The molecule has 0 amide bonds. The van der Waals surface area contributed by atoms with E-state index in [0.29, 0.717) is 23.6 Å². The van der Waals surface area contributed by atoms with Gasteiger partial charge in [-0.15, -0.1) is 0 Å². The second-order valence-electron chi connectivity index (χ2n) is 4.98. The van der Waals surface area contributed by atoms with E-state index in [2.05, 4.69) is 0 Å². The molecule has 1 fully saturated rings. The van der Waals surface area contributed by atoms with E-state index in [1.165, 1.54) is 12.1 Å². The lowest BCUT2D eigenvalue weighted by Gasteiger charge is -2.29. The number of ether oxygens (including phenoxy) is 1. The topological polar surface area (TPSA) is 26.3 Å². The van der Waals surface area contributed by atoms with Crippen LogP contribution in [0.25, 0.3) is 0 Å². The lowest BCUT2D eigenvalue weighted by atomic mass is 9.81. The minimum absolute atomic E-state index is 0.0915. The highest BCUT2D eigenvalue weighted by molar-refractivity contribution is 6.30. The van der Waals surface area contributed by atoms with Gasteiger partial charge in [0.05, 0.1) is 11.8 Å². The van der Waals surface area contributed by atoms with Crippen molar-refractivity contribution in [3.05, 3.63) is 29.3 Å². The van der Waals surface area contributed by atoms with E-state index < -0.39 is 24.0 Å². The molecule has 0 spiro atoms. The molecule has 1 aliphatic carbocycles. The normalized spacial score (nSPS) is 23.4. The Bertz CT molecular complexity index is 470. The molecule has 1 aliphatic rings. The predicted molar refractivity (Wildman–Crippen MR) is 68.6 cm³/mol. The molecule has 1 aromatic carbocycles. The lowest BCUT2D eigenvalue weighted by molar-refractivity contribution is -0.187. The van der Waals surface area contributed by atoms with Crippen LogP contribution in [0.15, 0.2) is 24.3 Å². The van der Waals surface area contributed by atoms with Crippen molar-refractivity contribution in [3.8, 4) is 5.75 Å². The van der Waals surface area contributed by atoms with Crippen LogP contribution in [0.2, 0.25) is 5.02 Å². The number of benzene rings is 1. The van der Waals surface area contributed by atoms with Crippen molar-refractivity contribution < 1.29 is 22.7 Å². The van der Waals surface area contributed by atoms with Crippen LogP contribution in [0.5, 0.6) is 5.75 Å². The van der Waals surface area contributed by atoms with Crippen LogP contribution < -0.4 is 4.74 Å². The summed E-state index contributed by atoms with van der Waals surface area (Å²) in [5, 5.41) is 0.500. The third-order valence-electron chi connectivity index (χ3n) is 3.50. The maximum atomic E-state index is 12.7. The maximum Gasteiger partial charge on any atom is 0.391 e. The molecule has 0 N–H and O–H groups in total. The Morgan fingerprint density at radius 3 is 2.45 bits per heavy atom. The van der Waals surface area contributed by atoms with Gasteiger partial charge in [-0.05, 0) is 43.5 Å². The summed E-state index contributed by atoms with van der Waals surface area (Å²) < 4.78 is 43.2. The second kappa shape index (κ2) is 6.04.